The van der Waals surface area contributed by atoms with Gasteiger partial charge in [-0.05, 0) is 131 Å². The number of piperazine rings is 2. The van der Waals surface area contributed by atoms with E-state index in [0.29, 0.717) is 75.6 Å². The van der Waals surface area contributed by atoms with Crippen LogP contribution in [0.4, 0.5) is 29.7 Å². The average molecular weight is 939 g/mol. The second-order valence-corrected chi connectivity index (χ2v) is 25.6. The molecule has 2 aliphatic heterocycles. The first-order valence-corrected chi connectivity index (χ1v) is 25.1. The van der Waals surface area contributed by atoms with Crippen LogP contribution in [-0.2, 0) is 31.4 Å². The van der Waals surface area contributed by atoms with Gasteiger partial charge in [0.15, 0.2) is 0 Å². The molecule has 0 aliphatic carbocycles. The molecule has 2 aliphatic rings. The zero-order valence-electron chi connectivity index (χ0n) is 41.7. The number of carbonyl (C=O) groups excluding carboxylic acids is 2. The Balaban J connectivity index is 0.000000340. The zero-order valence-corrected chi connectivity index (χ0v) is 43.3. The number of para-hydroxylation sites is 2. The van der Waals surface area contributed by atoms with E-state index < -0.39 is 42.7 Å². The van der Waals surface area contributed by atoms with Crippen molar-refractivity contribution in [3.8, 4) is 0 Å². The third-order valence-electron chi connectivity index (χ3n) is 10.3. The number of rotatable bonds is 12. The van der Waals surface area contributed by atoms with Gasteiger partial charge in [0.1, 0.15) is 22.8 Å². The summed E-state index contributed by atoms with van der Waals surface area (Å²) in [6, 6.07) is 9.69. The van der Waals surface area contributed by atoms with Gasteiger partial charge in [-0.15, -0.1) is 0 Å². The molecule has 4 rings (SSSR count). The molecule has 2 heterocycles. The highest BCUT2D eigenvalue weighted by Crippen LogP contribution is 2.36. The molecule has 4 atom stereocenters. The van der Waals surface area contributed by atoms with E-state index in [1.165, 1.54) is 12.1 Å². The SMILES string of the molecule is CC(C)C[C@H](N[S@@](=O)C(C)(C)C)c1cccc(F)c1N1CCN(C(=O)OC(C)(C)C)CC1.CC(C)C[C@H](N[S@@](=O)C(C)(C)C)c1cccc(F)c1N1CCN(C(=O)OC(C)(C)C)CC1. The number of nitrogens with zero attached hydrogens (tertiary/aromatic N) is 4. The lowest BCUT2D eigenvalue weighted by Crippen LogP contribution is -2.50. The number of ether oxygens (including phenoxy) is 2. The maximum absolute atomic E-state index is 15.1. The van der Waals surface area contributed by atoms with E-state index in [2.05, 4.69) is 37.1 Å². The van der Waals surface area contributed by atoms with Crippen LogP contribution < -0.4 is 19.2 Å². The fraction of sp³-hybridized carbons (Fsp3) is 0.708. The van der Waals surface area contributed by atoms with Crippen molar-refractivity contribution in [1.82, 2.24) is 19.2 Å². The van der Waals surface area contributed by atoms with Gasteiger partial charge in [-0.1, -0.05) is 52.0 Å². The molecule has 2 amide bonds. The van der Waals surface area contributed by atoms with Gasteiger partial charge >= 0.3 is 12.2 Å². The second kappa shape index (κ2) is 22.9. The Labute approximate surface area is 389 Å². The van der Waals surface area contributed by atoms with Gasteiger partial charge in [-0.25, -0.2) is 36.2 Å². The van der Waals surface area contributed by atoms with E-state index >= 15 is 8.78 Å². The predicted octanol–water partition coefficient (Wildman–Crippen LogP) is 10.0. The Kier molecular flexibility index (Phi) is 19.7. The van der Waals surface area contributed by atoms with Crippen LogP contribution in [0.1, 0.15) is 147 Å². The molecule has 2 saturated heterocycles. The first-order chi connectivity index (χ1) is 29.4. The molecule has 2 aromatic carbocycles. The van der Waals surface area contributed by atoms with E-state index in [0.717, 1.165) is 24.0 Å². The summed E-state index contributed by atoms with van der Waals surface area (Å²) in [7, 11) is -2.57. The van der Waals surface area contributed by atoms with Crippen LogP contribution in [0.3, 0.4) is 0 Å². The molecule has 364 valence electrons. The summed E-state index contributed by atoms with van der Waals surface area (Å²) in [6.45, 7) is 34.9. The topological polar surface area (TPSA) is 124 Å². The van der Waals surface area contributed by atoms with Gasteiger partial charge in [-0.3, -0.25) is 0 Å². The maximum Gasteiger partial charge on any atom is 0.410 e. The standard InChI is InChI=1S/2C24H40FN3O3S/c2*1-17(2)16-20(26-32(30)24(6,7)8)18-10-9-11-19(25)21(18)27-12-14-28(15-13-27)22(29)31-23(3,4)5/h2*9-11,17,20,26H,12-16H2,1-8H3/t2*20-,32-/m00/s1. The highest BCUT2D eigenvalue weighted by molar-refractivity contribution is 7.84. The number of anilines is 2. The van der Waals surface area contributed by atoms with Crippen LogP contribution in [0, 0.1) is 23.5 Å². The van der Waals surface area contributed by atoms with Crippen molar-refractivity contribution in [3.63, 3.8) is 0 Å². The molecule has 0 bridgehead atoms. The highest BCUT2D eigenvalue weighted by atomic mass is 32.2. The Morgan fingerprint density at radius 2 is 0.859 bits per heavy atom. The van der Waals surface area contributed by atoms with Crippen molar-refractivity contribution in [3.05, 3.63) is 59.2 Å². The van der Waals surface area contributed by atoms with Crippen molar-refractivity contribution in [2.45, 2.75) is 156 Å². The molecule has 0 unspecified atom stereocenters. The second-order valence-electron chi connectivity index (χ2n) is 21.6. The minimum absolute atomic E-state index is 0.246. The molecular formula is C48H80F2N6O6S2. The summed E-state index contributed by atoms with van der Waals surface area (Å²) >= 11 is 0. The number of hydrogen-bond donors (Lipinski definition) is 2. The summed E-state index contributed by atoms with van der Waals surface area (Å²) in [6.07, 6.45) is 0.781. The van der Waals surface area contributed by atoms with Gasteiger partial charge in [-0.2, -0.15) is 0 Å². The van der Waals surface area contributed by atoms with Gasteiger partial charge in [0.05, 0.1) is 42.8 Å². The zero-order chi connectivity index (χ0) is 48.5. The van der Waals surface area contributed by atoms with E-state index in [1.807, 2.05) is 105 Å². The van der Waals surface area contributed by atoms with E-state index in [1.54, 1.807) is 21.9 Å². The normalized spacial score (nSPS) is 17.4. The molecule has 0 aromatic heterocycles. The minimum Gasteiger partial charge on any atom is -0.444 e. The Morgan fingerprint density at radius 3 is 1.11 bits per heavy atom. The summed E-state index contributed by atoms with van der Waals surface area (Å²) in [5.74, 6) is 0.0739. The summed E-state index contributed by atoms with van der Waals surface area (Å²) in [5, 5.41) is 0. The van der Waals surface area contributed by atoms with Crippen molar-refractivity contribution in [1.29, 1.82) is 0 Å². The van der Waals surface area contributed by atoms with E-state index in [-0.39, 0.29) is 35.9 Å². The predicted molar refractivity (Wildman–Crippen MR) is 259 cm³/mol. The number of carbonyl (C=O) groups is 2. The largest absolute Gasteiger partial charge is 0.444 e. The van der Waals surface area contributed by atoms with Crippen molar-refractivity contribution < 1.29 is 36.3 Å². The fourth-order valence-electron chi connectivity index (χ4n) is 7.20. The number of amides is 2. The van der Waals surface area contributed by atoms with Crippen LogP contribution in [0.25, 0.3) is 0 Å². The Hall–Kier alpha value is -3.34. The lowest BCUT2D eigenvalue weighted by molar-refractivity contribution is 0.0230. The molecule has 2 aromatic rings. The van der Waals surface area contributed by atoms with Crippen molar-refractivity contribution in [2.24, 2.45) is 11.8 Å². The lowest BCUT2D eigenvalue weighted by Gasteiger charge is -2.38. The number of hydrogen-bond acceptors (Lipinski definition) is 8. The van der Waals surface area contributed by atoms with Crippen LogP contribution in [-0.4, -0.2) is 103 Å². The van der Waals surface area contributed by atoms with Gasteiger partial charge in [0.25, 0.3) is 0 Å². The molecular weight excluding hydrogens is 859 g/mol. The van der Waals surface area contributed by atoms with Crippen LogP contribution in [0.2, 0.25) is 0 Å². The molecule has 16 heteroatoms. The fourth-order valence-corrected chi connectivity index (χ4v) is 8.87. The quantitative estimate of drug-likeness (QED) is 0.216. The molecule has 64 heavy (non-hydrogen) atoms. The third-order valence-corrected chi connectivity index (χ3v) is 13.5. The average Bonchev–Trinajstić information content (AvgIpc) is 3.15. The number of nitrogens with one attached hydrogen (secondary N) is 2. The smallest absolute Gasteiger partial charge is 0.410 e. The molecule has 2 fully saturated rings. The first kappa shape index (κ1) is 55.0. The summed E-state index contributed by atoms with van der Waals surface area (Å²) < 4.78 is 72.6. The molecule has 0 radical (unpaired) electrons. The van der Waals surface area contributed by atoms with E-state index in [4.69, 9.17) is 9.47 Å². The minimum atomic E-state index is -1.29. The Bertz CT molecular complexity index is 1750. The van der Waals surface area contributed by atoms with Crippen LogP contribution in [0.15, 0.2) is 36.4 Å². The summed E-state index contributed by atoms with van der Waals surface area (Å²) in [4.78, 5) is 32.1. The first-order valence-electron chi connectivity index (χ1n) is 22.8. The highest BCUT2D eigenvalue weighted by Gasteiger charge is 2.33. The molecule has 2 N–H and O–H groups in total. The number of halogens is 2. The van der Waals surface area contributed by atoms with Gasteiger partial charge < -0.3 is 29.1 Å². The number of benzene rings is 2. The van der Waals surface area contributed by atoms with Crippen molar-refractivity contribution in [2.75, 3.05) is 62.2 Å². The Morgan fingerprint density at radius 1 is 0.562 bits per heavy atom. The van der Waals surface area contributed by atoms with Crippen LogP contribution >= 0.6 is 0 Å². The van der Waals surface area contributed by atoms with Crippen LogP contribution in [0.5, 0.6) is 0 Å². The third kappa shape index (κ3) is 17.1. The van der Waals surface area contributed by atoms with Gasteiger partial charge in [0, 0.05) is 64.4 Å². The van der Waals surface area contributed by atoms with Crippen molar-refractivity contribution >= 4 is 45.5 Å². The summed E-state index contributed by atoms with van der Waals surface area (Å²) in [5.41, 5.74) is 1.57. The maximum atomic E-state index is 15.1. The molecule has 0 saturated carbocycles. The monoisotopic (exact) mass is 939 g/mol. The molecule has 0 spiro atoms. The molecule has 12 nitrogen and oxygen atoms in total. The lowest BCUT2D eigenvalue weighted by atomic mass is 9.95. The van der Waals surface area contributed by atoms with E-state index in [9.17, 15) is 18.0 Å². The van der Waals surface area contributed by atoms with Gasteiger partial charge in [0.2, 0.25) is 0 Å².